The van der Waals surface area contributed by atoms with Crippen LogP contribution in [0.25, 0.3) is 0 Å². The van der Waals surface area contributed by atoms with Crippen LogP contribution in [0.3, 0.4) is 0 Å². The van der Waals surface area contributed by atoms with Crippen molar-refractivity contribution in [3.05, 3.63) is 29.8 Å². The maximum Gasteiger partial charge on any atom is 0.309 e. The molecular weight excluding hydrogens is 332 g/mol. The monoisotopic (exact) mass is 358 g/mol. The molecule has 1 N–H and O–H groups in total. The Morgan fingerprint density at radius 3 is 2.21 bits per heavy atom. The van der Waals surface area contributed by atoms with E-state index >= 15 is 0 Å². The lowest BCUT2D eigenvalue weighted by Crippen LogP contribution is -2.21. The van der Waals surface area contributed by atoms with E-state index in [0.29, 0.717) is 19.4 Å². The van der Waals surface area contributed by atoms with Gasteiger partial charge in [0.1, 0.15) is 6.61 Å². The van der Waals surface area contributed by atoms with E-state index in [1.54, 1.807) is 19.2 Å². The molecule has 136 valence electrons. The molecule has 0 aromatic heterocycles. The van der Waals surface area contributed by atoms with Crippen LogP contribution in [-0.2, 0) is 24.4 Å². The zero-order chi connectivity index (χ0) is 18.2. The summed E-state index contributed by atoms with van der Waals surface area (Å²) in [7, 11) is -2.64. The van der Waals surface area contributed by atoms with Gasteiger partial charge in [0.2, 0.25) is 0 Å². The van der Waals surface area contributed by atoms with Gasteiger partial charge in [-0.05, 0) is 42.9 Å². The Morgan fingerprint density at radius 1 is 1.12 bits per heavy atom. The Labute approximate surface area is 143 Å². The smallest absolute Gasteiger partial charge is 0.309 e. The Bertz CT molecular complexity index is 608. The summed E-state index contributed by atoms with van der Waals surface area (Å²) in [4.78, 5) is 12.0. The molecule has 2 atom stereocenters. The molecule has 0 bridgehead atoms. The van der Waals surface area contributed by atoms with Crippen molar-refractivity contribution in [2.75, 3.05) is 20.3 Å². The van der Waals surface area contributed by atoms with Crippen molar-refractivity contribution in [1.29, 1.82) is 0 Å². The predicted octanol–water partition coefficient (Wildman–Crippen LogP) is 3.03. The van der Waals surface area contributed by atoms with Gasteiger partial charge in [-0.25, -0.2) is 0 Å². The van der Waals surface area contributed by atoms with Crippen LogP contribution in [0, 0.1) is 5.92 Å². The van der Waals surface area contributed by atoms with Gasteiger partial charge in [0.25, 0.3) is 10.1 Å². The van der Waals surface area contributed by atoms with Gasteiger partial charge in [-0.2, -0.15) is 8.42 Å². The van der Waals surface area contributed by atoms with Crippen LogP contribution >= 0.6 is 0 Å². The van der Waals surface area contributed by atoms with Gasteiger partial charge in [0.05, 0.1) is 17.4 Å². The van der Waals surface area contributed by atoms with Crippen LogP contribution in [0.2, 0.25) is 0 Å². The van der Waals surface area contributed by atoms with Crippen LogP contribution in [-0.4, -0.2) is 39.3 Å². The van der Waals surface area contributed by atoms with Crippen molar-refractivity contribution in [3.8, 4) is 0 Å². The van der Waals surface area contributed by atoms with Crippen molar-refractivity contribution in [3.63, 3.8) is 0 Å². The van der Waals surface area contributed by atoms with E-state index in [0.717, 1.165) is 12.0 Å². The van der Waals surface area contributed by atoms with E-state index in [2.05, 4.69) is 0 Å². The average Bonchev–Trinajstić information content (AvgIpc) is 2.55. The van der Waals surface area contributed by atoms with E-state index in [4.69, 9.17) is 14.0 Å². The van der Waals surface area contributed by atoms with Gasteiger partial charge in [-0.3, -0.25) is 9.35 Å². The zero-order valence-electron chi connectivity index (χ0n) is 14.4. The number of ether oxygens (including phenoxy) is 2. The number of carbonyl (C=O) groups is 1. The topological polar surface area (TPSA) is 89.9 Å². The highest BCUT2D eigenvalue weighted by atomic mass is 32.2. The van der Waals surface area contributed by atoms with Crippen LogP contribution < -0.4 is 0 Å². The molecular formula is C17H26O6S. The average molecular weight is 358 g/mol. The van der Waals surface area contributed by atoms with Gasteiger partial charge < -0.3 is 9.47 Å². The van der Waals surface area contributed by atoms with Crippen molar-refractivity contribution in [2.45, 2.75) is 43.9 Å². The molecule has 0 aliphatic carbocycles. The van der Waals surface area contributed by atoms with Crippen molar-refractivity contribution in [2.24, 2.45) is 5.92 Å². The third-order valence-corrected chi connectivity index (χ3v) is 4.94. The van der Waals surface area contributed by atoms with E-state index in [1.807, 2.05) is 13.8 Å². The first-order valence-electron chi connectivity index (χ1n) is 8.06. The largest absolute Gasteiger partial charge is 0.463 e. The van der Waals surface area contributed by atoms with Crippen LogP contribution in [0.15, 0.2) is 29.2 Å². The molecule has 1 aromatic carbocycles. The Morgan fingerprint density at radius 2 is 1.75 bits per heavy atom. The van der Waals surface area contributed by atoms with Gasteiger partial charge in [-0.1, -0.05) is 26.0 Å². The molecule has 0 spiro atoms. The fraction of sp³-hybridized carbons (Fsp3) is 0.588. The van der Waals surface area contributed by atoms with Gasteiger partial charge in [0, 0.05) is 7.11 Å². The lowest BCUT2D eigenvalue weighted by molar-refractivity contribution is -0.150. The molecule has 1 rings (SSSR count). The van der Waals surface area contributed by atoms with Gasteiger partial charge in [-0.15, -0.1) is 0 Å². The van der Waals surface area contributed by atoms with Crippen molar-refractivity contribution < 1.29 is 27.2 Å². The van der Waals surface area contributed by atoms with E-state index in [9.17, 15) is 13.2 Å². The predicted molar refractivity (Wildman–Crippen MR) is 90.5 cm³/mol. The number of methoxy groups -OCH3 is 1. The number of rotatable bonds is 10. The second kappa shape index (κ2) is 9.76. The number of hydrogen-bond donors (Lipinski definition) is 1. The number of benzene rings is 1. The van der Waals surface area contributed by atoms with Gasteiger partial charge >= 0.3 is 5.97 Å². The molecule has 0 amide bonds. The molecule has 0 radical (unpaired) electrons. The first-order valence-corrected chi connectivity index (χ1v) is 9.50. The summed E-state index contributed by atoms with van der Waals surface area (Å²) < 4.78 is 41.3. The second-order valence-corrected chi connectivity index (χ2v) is 7.07. The fourth-order valence-corrected chi connectivity index (χ4v) is 3.05. The summed E-state index contributed by atoms with van der Waals surface area (Å²) in [5.74, 6) is -0.337. The maximum atomic E-state index is 12.1. The highest BCUT2D eigenvalue weighted by Crippen LogP contribution is 2.29. The second-order valence-electron chi connectivity index (χ2n) is 5.65. The summed E-state index contributed by atoms with van der Waals surface area (Å²) in [6, 6.07) is 6.12. The number of carbonyl (C=O) groups excluding carboxylic acids is 1. The lowest BCUT2D eigenvalue weighted by atomic mass is 9.86. The van der Waals surface area contributed by atoms with E-state index in [1.165, 1.54) is 12.1 Å². The van der Waals surface area contributed by atoms with E-state index in [-0.39, 0.29) is 29.3 Å². The summed E-state index contributed by atoms with van der Waals surface area (Å²) in [5, 5.41) is 0. The maximum absolute atomic E-state index is 12.1. The number of hydrogen-bond acceptors (Lipinski definition) is 5. The zero-order valence-corrected chi connectivity index (χ0v) is 15.2. The molecule has 0 aliphatic heterocycles. The van der Waals surface area contributed by atoms with Crippen LogP contribution in [0.5, 0.6) is 0 Å². The SMILES string of the molecule is CCC(CC(CC)c1ccc(S(=O)(=O)O)cc1)C(=O)OCCOC. The first kappa shape index (κ1) is 20.6. The first-order chi connectivity index (χ1) is 11.3. The lowest BCUT2D eigenvalue weighted by Gasteiger charge is -2.21. The van der Waals surface area contributed by atoms with Crippen molar-refractivity contribution >= 4 is 16.1 Å². The third-order valence-electron chi connectivity index (χ3n) is 4.07. The van der Waals surface area contributed by atoms with E-state index < -0.39 is 10.1 Å². The minimum atomic E-state index is -4.19. The van der Waals surface area contributed by atoms with Gasteiger partial charge in [0.15, 0.2) is 0 Å². The summed E-state index contributed by atoms with van der Waals surface area (Å²) in [6.07, 6.45) is 2.11. The summed E-state index contributed by atoms with van der Waals surface area (Å²) in [6.45, 7) is 4.57. The molecule has 0 saturated heterocycles. The quantitative estimate of drug-likeness (QED) is 0.393. The summed E-state index contributed by atoms with van der Waals surface area (Å²) >= 11 is 0. The molecule has 24 heavy (non-hydrogen) atoms. The molecule has 2 unspecified atom stereocenters. The minimum absolute atomic E-state index is 0.111. The molecule has 0 aliphatic rings. The Balaban J connectivity index is 2.79. The van der Waals surface area contributed by atoms with Crippen molar-refractivity contribution in [1.82, 2.24) is 0 Å². The van der Waals surface area contributed by atoms with Crippen LogP contribution in [0.1, 0.15) is 44.6 Å². The number of esters is 1. The Kier molecular flexibility index (Phi) is 8.38. The normalized spacial score (nSPS) is 14.2. The fourth-order valence-electron chi connectivity index (χ4n) is 2.57. The summed E-state index contributed by atoms with van der Waals surface area (Å²) in [5.41, 5.74) is 0.938. The highest BCUT2D eigenvalue weighted by molar-refractivity contribution is 7.85. The molecule has 0 fully saturated rings. The standard InChI is InChI=1S/C17H26O6S/c1-4-13(12-14(5-2)17(18)23-11-10-22-3)15-6-8-16(9-7-15)24(19,20)21/h6-9,13-14H,4-5,10-12H2,1-3H3,(H,19,20,21). The molecule has 0 saturated carbocycles. The molecule has 6 nitrogen and oxygen atoms in total. The Hall–Kier alpha value is -1.44. The minimum Gasteiger partial charge on any atom is -0.463 e. The third kappa shape index (κ3) is 6.22. The highest BCUT2D eigenvalue weighted by Gasteiger charge is 2.23. The molecule has 1 aromatic rings. The van der Waals surface area contributed by atoms with Crippen LogP contribution in [0.4, 0.5) is 0 Å². The molecule has 7 heteroatoms. The molecule has 0 heterocycles.